The van der Waals surface area contributed by atoms with Crippen molar-refractivity contribution in [1.29, 1.82) is 0 Å². The summed E-state index contributed by atoms with van der Waals surface area (Å²) in [6.07, 6.45) is 2.73. The van der Waals surface area contributed by atoms with E-state index in [9.17, 15) is 4.79 Å². The minimum atomic E-state index is -0.243. The van der Waals surface area contributed by atoms with Crippen molar-refractivity contribution in [3.05, 3.63) is 59.5 Å². The summed E-state index contributed by atoms with van der Waals surface area (Å²) in [5.41, 5.74) is 4.35. The average Bonchev–Trinajstić information content (AvgIpc) is 3.18. The Labute approximate surface area is 143 Å². The van der Waals surface area contributed by atoms with Gasteiger partial charge in [-0.2, -0.15) is 0 Å². The van der Waals surface area contributed by atoms with Crippen molar-refractivity contribution in [3.63, 3.8) is 0 Å². The van der Waals surface area contributed by atoms with E-state index in [-0.39, 0.29) is 5.91 Å². The first kappa shape index (κ1) is 14.8. The van der Waals surface area contributed by atoms with Gasteiger partial charge >= 0.3 is 0 Å². The van der Waals surface area contributed by atoms with Crippen LogP contribution in [-0.4, -0.2) is 20.3 Å². The van der Waals surface area contributed by atoms with E-state index >= 15 is 0 Å². The van der Waals surface area contributed by atoms with E-state index in [4.69, 9.17) is 0 Å². The number of anilines is 1. The van der Waals surface area contributed by atoms with Gasteiger partial charge in [-0.15, -0.1) is 0 Å². The molecule has 1 amide bonds. The summed E-state index contributed by atoms with van der Waals surface area (Å²) in [5.74, 6) is -0.243. The number of aromatic nitrogens is 3. The molecule has 0 saturated carbocycles. The average molecular weight is 336 g/mol. The molecule has 1 aromatic carbocycles. The van der Waals surface area contributed by atoms with Crippen molar-refractivity contribution in [1.82, 2.24) is 14.4 Å². The lowest BCUT2D eigenvalue weighted by atomic mass is 10.2. The second kappa shape index (κ2) is 5.72. The largest absolute Gasteiger partial charge is 0.304 e. The van der Waals surface area contributed by atoms with Crippen LogP contribution < -0.4 is 5.32 Å². The molecule has 0 spiro atoms. The van der Waals surface area contributed by atoms with Crippen LogP contribution in [-0.2, 0) is 6.42 Å². The Bertz CT molecular complexity index is 1060. The van der Waals surface area contributed by atoms with Crippen LogP contribution in [0.15, 0.2) is 42.6 Å². The van der Waals surface area contributed by atoms with E-state index < -0.39 is 0 Å². The number of carbonyl (C=O) groups excluding carboxylic acids is 1. The second-order valence-electron chi connectivity index (χ2n) is 5.65. The van der Waals surface area contributed by atoms with Gasteiger partial charge in [0.05, 0.1) is 10.2 Å². The molecule has 6 heteroatoms. The standard InChI is InChI=1S/C18H16N4OS/c1-3-12-7-8-13-15(9-12)24-18(20-13)21-17(23)14-10-22-11(2)5-4-6-16(22)19-14/h4-10H,3H2,1-2H3,(H,20,21,23). The van der Waals surface area contributed by atoms with Gasteiger partial charge in [-0.05, 0) is 43.2 Å². The molecule has 0 radical (unpaired) electrons. The van der Waals surface area contributed by atoms with Gasteiger partial charge < -0.3 is 4.40 Å². The SMILES string of the molecule is CCc1ccc2nc(NC(=O)c3cn4c(C)cccc4n3)sc2c1. The van der Waals surface area contributed by atoms with Gasteiger partial charge in [0.1, 0.15) is 11.3 Å². The third-order valence-electron chi connectivity index (χ3n) is 4.01. The second-order valence-corrected chi connectivity index (χ2v) is 6.68. The number of amides is 1. The van der Waals surface area contributed by atoms with Crippen LogP contribution in [0.2, 0.25) is 0 Å². The summed E-state index contributed by atoms with van der Waals surface area (Å²) in [6, 6.07) is 12.0. The number of benzene rings is 1. The van der Waals surface area contributed by atoms with Crippen LogP contribution in [0.3, 0.4) is 0 Å². The van der Waals surface area contributed by atoms with Crippen molar-refractivity contribution in [2.75, 3.05) is 5.32 Å². The Morgan fingerprint density at radius 2 is 2.12 bits per heavy atom. The Kier molecular flexibility index (Phi) is 3.54. The van der Waals surface area contributed by atoms with Gasteiger partial charge in [0.15, 0.2) is 5.13 Å². The highest BCUT2D eigenvalue weighted by molar-refractivity contribution is 7.22. The smallest absolute Gasteiger partial charge is 0.277 e. The van der Waals surface area contributed by atoms with Gasteiger partial charge in [0.25, 0.3) is 5.91 Å². The lowest BCUT2D eigenvalue weighted by Gasteiger charge is -1.96. The molecular formula is C18H16N4OS. The molecule has 0 fully saturated rings. The molecule has 1 N–H and O–H groups in total. The molecule has 0 unspecified atom stereocenters. The Morgan fingerprint density at radius 3 is 2.92 bits per heavy atom. The number of nitrogens with zero attached hydrogens (tertiary/aromatic N) is 3. The normalized spacial score (nSPS) is 11.2. The summed E-state index contributed by atoms with van der Waals surface area (Å²) in [5, 5.41) is 3.45. The van der Waals surface area contributed by atoms with Crippen molar-refractivity contribution in [3.8, 4) is 0 Å². The fourth-order valence-electron chi connectivity index (χ4n) is 2.66. The number of hydrogen-bond acceptors (Lipinski definition) is 4. The maximum Gasteiger partial charge on any atom is 0.277 e. The molecule has 24 heavy (non-hydrogen) atoms. The molecule has 0 bridgehead atoms. The fraction of sp³-hybridized carbons (Fsp3) is 0.167. The highest BCUT2D eigenvalue weighted by Crippen LogP contribution is 2.27. The van der Waals surface area contributed by atoms with Gasteiger partial charge in [-0.3, -0.25) is 10.1 Å². The summed E-state index contributed by atoms with van der Waals surface area (Å²) in [6.45, 7) is 4.10. The van der Waals surface area contributed by atoms with E-state index in [1.54, 1.807) is 6.20 Å². The van der Waals surface area contributed by atoms with Crippen LogP contribution >= 0.6 is 11.3 Å². The van der Waals surface area contributed by atoms with Crippen molar-refractivity contribution in [2.24, 2.45) is 0 Å². The number of fused-ring (bicyclic) bond motifs is 2. The molecule has 0 saturated heterocycles. The quantitative estimate of drug-likeness (QED) is 0.613. The molecule has 0 aliphatic carbocycles. The van der Waals surface area contributed by atoms with Crippen molar-refractivity contribution < 1.29 is 4.79 Å². The number of nitrogens with one attached hydrogen (secondary N) is 1. The first-order valence-electron chi connectivity index (χ1n) is 7.79. The van der Waals surface area contributed by atoms with Crippen LogP contribution in [0.4, 0.5) is 5.13 Å². The molecule has 5 nitrogen and oxygen atoms in total. The van der Waals surface area contributed by atoms with E-state index in [2.05, 4.69) is 34.3 Å². The van der Waals surface area contributed by atoms with E-state index in [0.717, 1.165) is 28.0 Å². The van der Waals surface area contributed by atoms with E-state index in [1.807, 2.05) is 35.6 Å². The first-order valence-corrected chi connectivity index (χ1v) is 8.61. The third-order valence-corrected chi connectivity index (χ3v) is 4.94. The highest BCUT2D eigenvalue weighted by atomic mass is 32.1. The Morgan fingerprint density at radius 1 is 1.25 bits per heavy atom. The predicted molar refractivity (Wildman–Crippen MR) is 96.9 cm³/mol. The number of carbonyl (C=O) groups is 1. The van der Waals surface area contributed by atoms with Gasteiger partial charge in [-0.1, -0.05) is 30.4 Å². The predicted octanol–water partition coefficient (Wildman–Crippen LogP) is 4.07. The van der Waals surface area contributed by atoms with Crippen LogP contribution in [0.1, 0.15) is 28.7 Å². The number of pyridine rings is 1. The minimum absolute atomic E-state index is 0.243. The summed E-state index contributed by atoms with van der Waals surface area (Å²) < 4.78 is 2.98. The van der Waals surface area contributed by atoms with Gasteiger partial charge in [0.2, 0.25) is 0 Å². The molecule has 0 aliphatic heterocycles. The monoisotopic (exact) mass is 336 g/mol. The number of imidazole rings is 1. The maximum absolute atomic E-state index is 12.5. The lowest BCUT2D eigenvalue weighted by Crippen LogP contribution is -2.11. The zero-order valence-corrected chi connectivity index (χ0v) is 14.2. The Balaban J connectivity index is 1.64. The molecule has 120 valence electrons. The topological polar surface area (TPSA) is 59.3 Å². The van der Waals surface area contributed by atoms with Crippen molar-refractivity contribution >= 4 is 38.2 Å². The summed E-state index contributed by atoms with van der Waals surface area (Å²) in [7, 11) is 0. The summed E-state index contributed by atoms with van der Waals surface area (Å²) >= 11 is 1.48. The first-order chi connectivity index (χ1) is 11.6. The third kappa shape index (κ3) is 2.55. The lowest BCUT2D eigenvalue weighted by molar-refractivity contribution is 0.102. The molecule has 4 aromatic rings. The number of aryl methyl sites for hydroxylation is 2. The zero-order chi connectivity index (χ0) is 16.7. The minimum Gasteiger partial charge on any atom is -0.304 e. The highest BCUT2D eigenvalue weighted by Gasteiger charge is 2.14. The zero-order valence-electron chi connectivity index (χ0n) is 13.4. The van der Waals surface area contributed by atoms with E-state index in [0.29, 0.717) is 10.8 Å². The fourth-order valence-corrected chi connectivity index (χ4v) is 3.59. The van der Waals surface area contributed by atoms with Crippen LogP contribution in [0.5, 0.6) is 0 Å². The van der Waals surface area contributed by atoms with Gasteiger partial charge in [-0.25, -0.2) is 9.97 Å². The van der Waals surface area contributed by atoms with Crippen molar-refractivity contribution in [2.45, 2.75) is 20.3 Å². The molecule has 0 atom stereocenters. The molecule has 3 heterocycles. The molecular weight excluding hydrogens is 320 g/mol. The molecule has 3 aromatic heterocycles. The number of thiazole rings is 1. The van der Waals surface area contributed by atoms with E-state index in [1.165, 1.54) is 16.9 Å². The van der Waals surface area contributed by atoms with Crippen LogP contribution in [0, 0.1) is 6.92 Å². The maximum atomic E-state index is 12.5. The molecule has 4 rings (SSSR count). The van der Waals surface area contributed by atoms with Crippen LogP contribution in [0.25, 0.3) is 15.9 Å². The molecule has 0 aliphatic rings. The Hall–Kier alpha value is -2.73. The summed E-state index contributed by atoms with van der Waals surface area (Å²) in [4.78, 5) is 21.3. The number of hydrogen-bond donors (Lipinski definition) is 1. The number of rotatable bonds is 3. The van der Waals surface area contributed by atoms with Gasteiger partial charge in [0, 0.05) is 11.9 Å².